The molecule has 0 aromatic carbocycles. The van der Waals surface area contributed by atoms with Gasteiger partial charge in [-0.15, -0.1) is 0 Å². The highest BCUT2D eigenvalue weighted by molar-refractivity contribution is 4.99. The quantitative estimate of drug-likeness (QED) is 0.729. The Labute approximate surface area is 106 Å². The molecular formula is C16H28O. The highest BCUT2D eigenvalue weighted by Crippen LogP contribution is 2.56. The van der Waals surface area contributed by atoms with Gasteiger partial charge >= 0.3 is 0 Å². The minimum Gasteiger partial charge on any atom is -0.390 e. The molecule has 0 amide bonds. The maximum atomic E-state index is 10.4. The molecule has 3 saturated carbocycles. The maximum Gasteiger partial charge on any atom is 0.0622 e. The van der Waals surface area contributed by atoms with Crippen LogP contribution in [0.5, 0.6) is 0 Å². The number of hydrogen-bond donors (Lipinski definition) is 1. The second-order valence-corrected chi connectivity index (χ2v) is 7.46. The van der Waals surface area contributed by atoms with Gasteiger partial charge in [0, 0.05) is 0 Å². The Morgan fingerprint density at radius 1 is 0.824 bits per heavy atom. The van der Waals surface area contributed by atoms with Gasteiger partial charge in [0.25, 0.3) is 0 Å². The molecule has 1 heteroatoms. The van der Waals surface area contributed by atoms with Crippen LogP contribution in [0.3, 0.4) is 0 Å². The van der Waals surface area contributed by atoms with E-state index in [9.17, 15) is 5.11 Å². The van der Waals surface area contributed by atoms with Gasteiger partial charge in [-0.3, -0.25) is 0 Å². The van der Waals surface area contributed by atoms with Crippen LogP contribution >= 0.6 is 0 Å². The third-order valence-electron chi connectivity index (χ3n) is 6.12. The number of aliphatic hydroxyl groups is 1. The van der Waals surface area contributed by atoms with Gasteiger partial charge in [-0.05, 0) is 62.7 Å². The van der Waals surface area contributed by atoms with Gasteiger partial charge in [0.1, 0.15) is 0 Å². The minimum atomic E-state index is -0.449. The van der Waals surface area contributed by atoms with Gasteiger partial charge < -0.3 is 5.11 Å². The normalized spacial score (nSPS) is 46.4. The Bertz CT molecular complexity index is 269. The summed E-state index contributed by atoms with van der Waals surface area (Å²) in [4.78, 5) is 0. The Balaban J connectivity index is 1.85. The van der Waals surface area contributed by atoms with Crippen LogP contribution in [0.2, 0.25) is 0 Å². The fraction of sp³-hybridized carbons (Fsp3) is 1.00. The Hall–Kier alpha value is -0.0400. The second kappa shape index (κ2) is 4.26. The van der Waals surface area contributed by atoms with E-state index in [2.05, 4.69) is 0 Å². The molecule has 1 nitrogen and oxygen atoms in total. The van der Waals surface area contributed by atoms with Gasteiger partial charge in [0.2, 0.25) is 0 Å². The largest absolute Gasteiger partial charge is 0.390 e. The number of hydrogen-bond acceptors (Lipinski definition) is 1. The average molecular weight is 236 g/mol. The average Bonchev–Trinajstić information content (AvgIpc) is 2.28. The summed E-state index contributed by atoms with van der Waals surface area (Å²) in [5, 5.41) is 10.4. The van der Waals surface area contributed by atoms with Crippen molar-refractivity contribution >= 4 is 0 Å². The lowest BCUT2D eigenvalue weighted by Crippen LogP contribution is -2.49. The molecule has 0 aromatic rings. The van der Waals surface area contributed by atoms with E-state index in [0.717, 1.165) is 23.7 Å². The van der Waals surface area contributed by atoms with Crippen LogP contribution < -0.4 is 0 Å². The van der Waals surface area contributed by atoms with Crippen molar-refractivity contribution in [2.45, 2.75) is 70.8 Å². The summed E-state index contributed by atoms with van der Waals surface area (Å²) >= 11 is 0. The van der Waals surface area contributed by atoms with Crippen LogP contribution in [-0.4, -0.2) is 10.7 Å². The molecule has 3 rings (SSSR count). The van der Waals surface area contributed by atoms with E-state index in [-0.39, 0.29) is 0 Å². The van der Waals surface area contributed by atoms with E-state index in [1.165, 1.54) is 51.4 Å². The Kier molecular flexibility index (Phi) is 3.01. The van der Waals surface area contributed by atoms with Crippen molar-refractivity contribution in [3.05, 3.63) is 0 Å². The molecule has 0 heterocycles. The lowest BCUT2D eigenvalue weighted by molar-refractivity contribution is -0.0990. The summed E-state index contributed by atoms with van der Waals surface area (Å²) in [6.45, 7) is 4.09. The molecule has 3 aliphatic carbocycles. The van der Waals surface area contributed by atoms with Gasteiger partial charge in [-0.1, -0.05) is 32.1 Å². The third kappa shape index (κ3) is 2.05. The predicted molar refractivity (Wildman–Crippen MR) is 70.7 cm³/mol. The monoisotopic (exact) mass is 236 g/mol. The summed E-state index contributed by atoms with van der Waals surface area (Å²) < 4.78 is 0. The molecule has 0 saturated heterocycles. The third-order valence-corrected chi connectivity index (χ3v) is 6.12. The molecule has 1 N–H and O–H groups in total. The van der Waals surface area contributed by atoms with Crippen LogP contribution in [0.15, 0.2) is 0 Å². The van der Waals surface area contributed by atoms with Crippen molar-refractivity contribution in [1.82, 2.24) is 0 Å². The minimum absolute atomic E-state index is 0.449. The van der Waals surface area contributed by atoms with Crippen molar-refractivity contribution in [2.24, 2.45) is 29.6 Å². The Morgan fingerprint density at radius 3 is 2.06 bits per heavy atom. The molecule has 0 radical (unpaired) electrons. The van der Waals surface area contributed by atoms with Gasteiger partial charge in [-0.25, -0.2) is 0 Å². The molecule has 0 spiro atoms. The van der Waals surface area contributed by atoms with Crippen molar-refractivity contribution in [1.29, 1.82) is 0 Å². The summed E-state index contributed by atoms with van der Waals surface area (Å²) in [6.07, 6.45) is 11.4. The van der Waals surface area contributed by atoms with Crippen LogP contribution in [0, 0.1) is 29.6 Å². The van der Waals surface area contributed by atoms with Crippen LogP contribution in [0.25, 0.3) is 0 Å². The van der Waals surface area contributed by atoms with Crippen molar-refractivity contribution in [3.63, 3.8) is 0 Å². The summed E-state index contributed by atoms with van der Waals surface area (Å²) in [5.41, 5.74) is -0.449. The zero-order chi connectivity index (χ0) is 12.0. The molecule has 0 aliphatic heterocycles. The Morgan fingerprint density at radius 2 is 1.41 bits per heavy atom. The molecule has 3 aliphatic rings. The zero-order valence-corrected chi connectivity index (χ0v) is 11.5. The van der Waals surface area contributed by atoms with E-state index < -0.39 is 5.60 Å². The highest BCUT2D eigenvalue weighted by Gasteiger charge is 2.49. The molecule has 5 atom stereocenters. The standard InChI is InChI=1S/C16H28O/c1-16(2,17)14-10-9-12-6-3-5-11-7-4-8-13(14)15(11)12/h11-15,17H,3-10H2,1-2H3. The second-order valence-electron chi connectivity index (χ2n) is 7.46. The van der Waals surface area contributed by atoms with E-state index in [1.54, 1.807) is 0 Å². The molecular weight excluding hydrogens is 208 g/mol. The summed E-state index contributed by atoms with van der Waals surface area (Å²) in [5.74, 6) is 4.41. The van der Waals surface area contributed by atoms with Crippen LogP contribution in [0.1, 0.15) is 65.2 Å². The lowest BCUT2D eigenvalue weighted by atomic mass is 9.51. The molecule has 3 fully saturated rings. The molecule has 0 bridgehead atoms. The first-order valence-corrected chi connectivity index (χ1v) is 7.80. The first kappa shape index (κ1) is 12.0. The molecule has 0 aromatic heterocycles. The summed E-state index contributed by atoms with van der Waals surface area (Å²) in [7, 11) is 0. The first-order chi connectivity index (χ1) is 8.07. The van der Waals surface area contributed by atoms with E-state index in [4.69, 9.17) is 0 Å². The highest BCUT2D eigenvalue weighted by atomic mass is 16.3. The van der Waals surface area contributed by atoms with Crippen LogP contribution in [0.4, 0.5) is 0 Å². The number of rotatable bonds is 1. The molecule has 17 heavy (non-hydrogen) atoms. The predicted octanol–water partition coefficient (Wildman–Crippen LogP) is 4.00. The zero-order valence-electron chi connectivity index (χ0n) is 11.5. The van der Waals surface area contributed by atoms with Gasteiger partial charge in [-0.2, -0.15) is 0 Å². The van der Waals surface area contributed by atoms with Gasteiger partial charge in [0.15, 0.2) is 0 Å². The molecule has 5 unspecified atom stereocenters. The smallest absolute Gasteiger partial charge is 0.0622 e. The van der Waals surface area contributed by atoms with Crippen molar-refractivity contribution in [2.75, 3.05) is 0 Å². The van der Waals surface area contributed by atoms with Crippen molar-refractivity contribution in [3.8, 4) is 0 Å². The van der Waals surface area contributed by atoms with Gasteiger partial charge in [0.05, 0.1) is 5.60 Å². The fourth-order valence-corrected chi connectivity index (χ4v) is 5.55. The summed E-state index contributed by atoms with van der Waals surface area (Å²) in [6, 6.07) is 0. The van der Waals surface area contributed by atoms with E-state index in [1.807, 2.05) is 13.8 Å². The first-order valence-electron chi connectivity index (χ1n) is 7.80. The van der Waals surface area contributed by atoms with E-state index in [0.29, 0.717) is 5.92 Å². The topological polar surface area (TPSA) is 20.2 Å². The van der Waals surface area contributed by atoms with E-state index >= 15 is 0 Å². The fourth-order valence-electron chi connectivity index (χ4n) is 5.55. The SMILES string of the molecule is CC(C)(O)C1CCC2CCCC3CCCC1C32. The maximum absolute atomic E-state index is 10.4. The molecule has 98 valence electrons. The van der Waals surface area contributed by atoms with Crippen molar-refractivity contribution < 1.29 is 5.11 Å². The van der Waals surface area contributed by atoms with Crippen LogP contribution in [-0.2, 0) is 0 Å². The lowest BCUT2D eigenvalue weighted by Gasteiger charge is -2.54.